The summed E-state index contributed by atoms with van der Waals surface area (Å²) in [7, 11) is 0. The maximum Gasteiger partial charge on any atom is 0.433 e. The lowest BCUT2D eigenvalue weighted by molar-refractivity contribution is -0.402. The molecule has 3 N–H and O–H groups in total. The van der Waals surface area contributed by atoms with Crippen molar-refractivity contribution in [3.05, 3.63) is 28.0 Å². The molecule has 0 aromatic carbocycles. The van der Waals surface area contributed by atoms with Gasteiger partial charge >= 0.3 is 11.9 Å². The molecule has 8 nitrogen and oxygen atoms in total. The van der Waals surface area contributed by atoms with Crippen molar-refractivity contribution in [1.29, 1.82) is 0 Å². The first-order chi connectivity index (χ1) is 7.97. The van der Waals surface area contributed by atoms with E-state index in [4.69, 9.17) is 10.2 Å². The van der Waals surface area contributed by atoms with E-state index < -0.39 is 28.9 Å². The van der Waals surface area contributed by atoms with E-state index in [0.717, 1.165) is 6.07 Å². The van der Waals surface area contributed by atoms with Gasteiger partial charge in [0.2, 0.25) is 0 Å². The first-order valence-electron chi connectivity index (χ1n) is 4.81. The highest BCUT2D eigenvalue weighted by molar-refractivity contribution is 5.76. The number of carbonyl (C=O) groups excluding carboxylic acids is 1. The number of nitro groups is 1. The number of esters is 1. The molecule has 1 aromatic heterocycles. The van der Waals surface area contributed by atoms with Gasteiger partial charge < -0.3 is 20.0 Å². The van der Waals surface area contributed by atoms with Crippen molar-refractivity contribution in [3.8, 4) is 0 Å². The quantitative estimate of drug-likeness (QED) is 0.427. The van der Waals surface area contributed by atoms with Gasteiger partial charge in [0.25, 0.3) is 0 Å². The molecule has 1 rings (SSSR count). The molecule has 1 aromatic rings. The molecule has 94 valence electrons. The third-order valence-corrected chi connectivity index (χ3v) is 1.98. The maximum atomic E-state index is 11.2. The van der Waals surface area contributed by atoms with E-state index in [1.54, 1.807) is 6.92 Å². The smallest absolute Gasteiger partial charge is 0.433 e. The van der Waals surface area contributed by atoms with Gasteiger partial charge in [0.05, 0.1) is 12.7 Å². The van der Waals surface area contributed by atoms with Crippen molar-refractivity contribution in [2.45, 2.75) is 19.1 Å². The summed E-state index contributed by atoms with van der Waals surface area (Å²) in [6.07, 6.45) is -1.48. The average molecular weight is 244 g/mol. The highest BCUT2D eigenvalue weighted by atomic mass is 16.6. The zero-order chi connectivity index (χ0) is 13.0. The van der Waals surface area contributed by atoms with E-state index in [9.17, 15) is 20.0 Å². The fourth-order valence-electron chi connectivity index (χ4n) is 1.14. The van der Waals surface area contributed by atoms with E-state index in [-0.39, 0.29) is 12.4 Å². The molecule has 17 heavy (non-hydrogen) atoms. The molecular formula is C9H12N2O6. The van der Waals surface area contributed by atoms with Crippen molar-refractivity contribution in [2.75, 3.05) is 6.61 Å². The Bertz CT molecular complexity index is 415. The van der Waals surface area contributed by atoms with Crippen LogP contribution in [0.3, 0.4) is 0 Å². The molecule has 2 atom stereocenters. The number of aliphatic hydroxyl groups excluding tert-OH is 1. The molecule has 0 aliphatic heterocycles. The van der Waals surface area contributed by atoms with Gasteiger partial charge in [-0.3, -0.25) is 14.9 Å². The molecule has 0 saturated heterocycles. The Hall–Kier alpha value is -1.93. The molecule has 0 aliphatic rings. The van der Waals surface area contributed by atoms with E-state index in [1.165, 1.54) is 6.07 Å². The number of carbonyl (C=O) groups is 1. The molecule has 2 unspecified atom stereocenters. The van der Waals surface area contributed by atoms with Crippen LogP contribution in [0.25, 0.3) is 0 Å². The number of furan rings is 1. The van der Waals surface area contributed by atoms with Crippen LogP contribution in [0.15, 0.2) is 16.5 Å². The first kappa shape index (κ1) is 13.1. The van der Waals surface area contributed by atoms with E-state index in [1.807, 2.05) is 0 Å². The van der Waals surface area contributed by atoms with Gasteiger partial charge in [0.15, 0.2) is 0 Å². The van der Waals surface area contributed by atoms with Crippen LogP contribution in [0.5, 0.6) is 0 Å². The van der Waals surface area contributed by atoms with E-state index in [0.29, 0.717) is 0 Å². The fourth-order valence-corrected chi connectivity index (χ4v) is 1.14. The summed E-state index contributed by atoms with van der Waals surface area (Å²) >= 11 is 0. The Morgan fingerprint density at radius 3 is 2.82 bits per heavy atom. The minimum atomic E-state index is -1.48. The molecule has 0 aliphatic carbocycles. The van der Waals surface area contributed by atoms with Crippen molar-refractivity contribution < 1.29 is 24.0 Å². The number of nitrogens with two attached hydrogens (primary N) is 1. The highest BCUT2D eigenvalue weighted by Gasteiger charge is 2.29. The molecule has 1 heterocycles. The standard InChI is InChI=1S/C9H12N2O6/c1-2-16-9(13)7(10)8(12)5-3-4-6(17-5)11(14)15/h3-4,7-8,12H,2,10H2,1H3. The second kappa shape index (κ2) is 5.41. The Kier molecular flexibility index (Phi) is 4.18. The van der Waals surface area contributed by atoms with Crippen LogP contribution in [0.4, 0.5) is 5.88 Å². The van der Waals surface area contributed by atoms with Gasteiger partial charge in [-0.1, -0.05) is 0 Å². The molecule has 0 fully saturated rings. The minimum Gasteiger partial charge on any atom is -0.465 e. The Labute approximate surface area is 96.1 Å². The lowest BCUT2D eigenvalue weighted by Crippen LogP contribution is -2.38. The van der Waals surface area contributed by atoms with Crippen LogP contribution in [0, 0.1) is 10.1 Å². The van der Waals surface area contributed by atoms with E-state index in [2.05, 4.69) is 4.74 Å². The topological polar surface area (TPSA) is 129 Å². The van der Waals surface area contributed by atoms with Crippen LogP contribution >= 0.6 is 0 Å². The van der Waals surface area contributed by atoms with Crippen molar-refractivity contribution >= 4 is 11.9 Å². The Morgan fingerprint density at radius 2 is 2.35 bits per heavy atom. The van der Waals surface area contributed by atoms with Gasteiger partial charge in [-0.15, -0.1) is 0 Å². The average Bonchev–Trinajstić information content (AvgIpc) is 2.76. The summed E-state index contributed by atoms with van der Waals surface area (Å²) in [5.41, 5.74) is 5.41. The molecule has 0 bridgehead atoms. The van der Waals surface area contributed by atoms with Gasteiger partial charge in [0, 0.05) is 0 Å². The van der Waals surface area contributed by atoms with Gasteiger partial charge in [-0.05, 0) is 13.0 Å². The molecule has 8 heteroatoms. The van der Waals surface area contributed by atoms with Gasteiger partial charge in [-0.2, -0.15) is 0 Å². The number of nitrogens with zero attached hydrogens (tertiary/aromatic N) is 1. The summed E-state index contributed by atoms with van der Waals surface area (Å²) in [5.74, 6) is -1.49. The predicted octanol–water partition coefficient (Wildman–Crippen LogP) is 0.112. The largest absolute Gasteiger partial charge is 0.465 e. The summed E-state index contributed by atoms with van der Waals surface area (Å²) < 4.78 is 9.32. The first-order valence-corrected chi connectivity index (χ1v) is 4.81. The number of ether oxygens (including phenoxy) is 1. The third kappa shape index (κ3) is 3.02. The van der Waals surface area contributed by atoms with Crippen LogP contribution in [-0.4, -0.2) is 28.6 Å². The van der Waals surface area contributed by atoms with Crippen LogP contribution < -0.4 is 5.73 Å². The summed E-state index contributed by atoms with van der Waals surface area (Å²) in [5, 5.41) is 20.0. The van der Waals surface area contributed by atoms with E-state index >= 15 is 0 Å². The zero-order valence-corrected chi connectivity index (χ0v) is 9.03. The van der Waals surface area contributed by atoms with Crippen LogP contribution in [0.1, 0.15) is 18.8 Å². The van der Waals surface area contributed by atoms with Crippen LogP contribution in [-0.2, 0) is 9.53 Å². The molecule has 0 spiro atoms. The summed E-state index contributed by atoms with van der Waals surface area (Å²) in [6.45, 7) is 1.71. The SMILES string of the molecule is CCOC(=O)C(N)C(O)c1ccc([N+](=O)[O-])o1. The molecule has 0 radical (unpaired) electrons. The monoisotopic (exact) mass is 244 g/mol. The predicted molar refractivity (Wildman–Crippen MR) is 54.9 cm³/mol. The normalized spacial score (nSPS) is 14.1. The Morgan fingerprint density at radius 1 is 1.71 bits per heavy atom. The number of aliphatic hydroxyl groups is 1. The van der Waals surface area contributed by atoms with Crippen molar-refractivity contribution in [2.24, 2.45) is 5.73 Å². The number of hydrogen-bond acceptors (Lipinski definition) is 7. The lowest BCUT2D eigenvalue weighted by Gasteiger charge is -2.14. The van der Waals surface area contributed by atoms with Crippen LogP contribution in [0.2, 0.25) is 0 Å². The molecule has 0 amide bonds. The molecular weight excluding hydrogens is 232 g/mol. The van der Waals surface area contributed by atoms with Crippen molar-refractivity contribution in [3.63, 3.8) is 0 Å². The lowest BCUT2D eigenvalue weighted by atomic mass is 10.1. The van der Waals surface area contributed by atoms with Gasteiger partial charge in [0.1, 0.15) is 22.8 Å². The number of hydrogen-bond donors (Lipinski definition) is 2. The van der Waals surface area contributed by atoms with Crippen molar-refractivity contribution in [1.82, 2.24) is 0 Å². The minimum absolute atomic E-state index is 0.123. The third-order valence-electron chi connectivity index (χ3n) is 1.98. The zero-order valence-electron chi connectivity index (χ0n) is 9.03. The van der Waals surface area contributed by atoms with Gasteiger partial charge in [-0.25, -0.2) is 0 Å². The fraction of sp³-hybridized carbons (Fsp3) is 0.444. The second-order valence-corrected chi connectivity index (χ2v) is 3.16. The Balaban J connectivity index is 2.77. The number of rotatable bonds is 5. The second-order valence-electron chi connectivity index (χ2n) is 3.16. The summed E-state index contributed by atoms with van der Waals surface area (Å²) in [4.78, 5) is 20.8. The highest BCUT2D eigenvalue weighted by Crippen LogP contribution is 2.23. The summed E-state index contributed by atoms with van der Waals surface area (Å²) in [6, 6.07) is 0.902. The molecule has 0 saturated carbocycles. The maximum absolute atomic E-state index is 11.2.